The number of carbonyl (C=O) groups excluding carboxylic acids is 1. The normalized spacial score (nSPS) is 11.5. The summed E-state index contributed by atoms with van der Waals surface area (Å²) in [6, 6.07) is 6.78. The number of aliphatic carboxylic acids is 1. The molecule has 0 saturated carbocycles. The van der Waals surface area contributed by atoms with Crippen LogP contribution >= 0.6 is 0 Å². The van der Waals surface area contributed by atoms with Crippen molar-refractivity contribution in [3.8, 4) is 0 Å². The minimum absolute atomic E-state index is 0.209. The smallest absolute Gasteiger partial charge is 0.420 e. The number of benzene rings is 1. The van der Waals surface area contributed by atoms with Crippen molar-refractivity contribution in [2.75, 3.05) is 0 Å². The number of hydrogen-bond acceptors (Lipinski definition) is 4. The average Bonchev–Trinajstić information content (AvgIpc) is 2.63. The molecule has 1 heterocycles. The van der Waals surface area contributed by atoms with Crippen molar-refractivity contribution < 1.29 is 19.1 Å². The van der Waals surface area contributed by atoms with Crippen molar-refractivity contribution >= 4 is 23.0 Å². The molecule has 0 spiro atoms. The second-order valence-corrected chi connectivity index (χ2v) is 5.42. The van der Waals surface area contributed by atoms with Crippen LogP contribution in [0.1, 0.15) is 20.3 Å². The van der Waals surface area contributed by atoms with E-state index in [0.717, 1.165) is 0 Å². The lowest BCUT2D eigenvalue weighted by Crippen LogP contribution is -2.46. The van der Waals surface area contributed by atoms with Crippen molar-refractivity contribution in [1.82, 2.24) is 9.88 Å². The number of oxazole rings is 1. The van der Waals surface area contributed by atoms with Gasteiger partial charge < -0.3 is 14.8 Å². The van der Waals surface area contributed by atoms with Crippen LogP contribution < -0.4 is 11.1 Å². The van der Waals surface area contributed by atoms with E-state index in [1.54, 1.807) is 38.1 Å². The number of carboxylic acid groups (broad SMARTS) is 1. The van der Waals surface area contributed by atoms with Gasteiger partial charge in [0.2, 0.25) is 5.91 Å². The summed E-state index contributed by atoms with van der Waals surface area (Å²) >= 11 is 0. The molecule has 1 amide bonds. The molecule has 0 fully saturated rings. The van der Waals surface area contributed by atoms with Crippen LogP contribution in [0.2, 0.25) is 0 Å². The summed E-state index contributed by atoms with van der Waals surface area (Å²) in [6.07, 6.45) is -0.209. The molecule has 0 unspecified atom stereocenters. The van der Waals surface area contributed by atoms with E-state index in [1.807, 2.05) is 0 Å². The zero-order valence-electron chi connectivity index (χ0n) is 11.8. The molecule has 21 heavy (non-hydrogen) atoms. The Balaban J connectivity index is 2.17. The van der Waals surface area contributed by atoms with Gasteiger partial charge >= 0.3 is 11.7 Å². The maximum absolute atomic E-state index is 12.0. The maximum atomic E-state index is 12.0. The number of amides is 1. The van der Waals surface area contributed by atoms with Gasteiger partial charge in [0, 0.05) is 5.54 Å². The van der Waals surface area contributed by atoms with Crippen LogP contribution in [-0.2, 0) is 16.1 Å². The SMILES string of the molecule is CC(C)(CC(=O)O)NC(=O)Cn1c(=O)oc2ccccc21. The van der Waals surface area contributed by atoms with E-state index in [-0.39, 0.29) is 13.0 Å². The molecule has 2 rings (SSSR count). The molecular weight excluding hydrogens is 276 g/mol. The lowest BCUT2D eigenvalue weighted by atomic mass is 10.0. The van der Waals surface area contributed by atoms with E-state index in [1.165, 1.54) is 4.57 Å². The van der Waals surface area contributed by atoms with Crippen LogP contribution in [0.3, 0.4) is 0 Å². The van der Waals surface area contributed by atoms with Crippen molar-refractivity contribution in [2.24, 2.45) is 0 Å². The minimum atomic E-state index is -1.01. The Morgan fingerprint density at radius 3 is 2.67 bits per heavy atom. The Kier molecular flexibility index (Phi) is 3.84. The summed E-state index contributed by atoms with van der Waals surface area (Å²) < 4.78 is 6.24. The third-order valence-electron chi connectivity index (χ3n) is 2.95. The van der Waals surface area contributed by atoms with Gasteiger partial charge in [0.05, 0.1) is 11.9 Å². The van der Waals surface area contributed by atoms with Gasteiger partial charge in [-0.1, -0.05) is 12.1 Å². The van der Waals surface area contributed by atoms with Gasteiger partial charge in [-0.05, 0) is 26.0 Å². The number of fused-ring (bicyclic) bond motifs is 1. The molecule has 0 aliphatic rings. The molecule has 2 aromatic rings. The summed E-state index contributed by atoms with van der Waals surface area (Å²) in [4.78, 5) is 34.5. The van der Waals surface area contributed by atoms with E-state index >= 15 is 0 Å². The van der Waals surface area contributed by atoms with Crippen LogP contribution in [0.4, 0.5) is 0 Å². The highest BCUT2D eigenvalue weighted by molar-refractivity contribution is 5.80. The van der Waals surface area contributed by atoms with Crippen molar-refractivity contribution in [3.05, 3.63) is 34.8 Å². The monoisotopic (exact) mass is 292 g/mol. The lowest BCUT2D eigenvalue weighted by molar-refractivity contribution is -0.138. The van der Waals surface area contributed by atoms with Crippen LogP contribution in [-0.4, -0.2) is 27.1 Å². The van der Waals surface area contributed by atoms with Gasteiger partial charge in [-0.15, -0.1) is 0 Å². The molecule has 7 heteroatoms. The number of rotatable bonds is 5. The molecule has 2 N–H and O–H groups in total. The molecule has 0 bridgehead atoms. The van der Waals surface area contributed by atoms with E-state index < -0.39 is 23.2 Å². The zero-order chi connectivity index (χ0) is 15.6. The van der Waals surface area contributed by atoms with Crippen LogP contribution in [0.5, 0.6) is 0 Å². The fraction of sp³-hybridized carbons (Fsp3) is 0.357. The van der Waals surface area contributed by atoms with E-state index in [2.05, 4.69) is 5.32 Å². The molecular formula is C14H16N2O5. The van der Waals surface area contributed by atoms with Crippen molar-refractivity contribution in [1.29, 1.82) is 0 Å². The number of carbonyl (C=O) groups is 2. The molecule has 0 saturated heterocycles. The molecule has 0 radical (unpaired) electrons. The number of carboxylic acids is 1. The first kappa shape index (κ1) is 14.8. The van der Waals surface area contributed by atoms with Crippen LogP contribution in [0.15, 0.2) is 33.5 Å². The molecule has 1 aromatic heterocycles. The summed E-state index contributed by atoms with van der Waals surface area (Å²) in [6.45, 7) is 2.99. The highest BCUT2D eigenvalue weighted by atomic mass is 16.4. The van der Waals surface area contributed by atoms with Gasteiger partial charge in [-0.2, -0.15) is 0 Å². The Hall–Kier alpha value is -2.57. The summed E-state index contributed by atoms with van der Waals surface area (Å²) in [7, 11) is 0. The molecule has 7 nitrogen and oxygen atoms in total. The first-order chi connectivity index (χ1) is 9.78. The fourth-order valence-electron chi connectivity index (χ4n) is 2.15. The number of aromatic nitrogens is 1. The largest absolute Gasteiger partial charge is 0.481 e. The van der Waals surface area contributed by atoms with Gasteiger partial charge in [-0.3, -0.25) is 14.2 Å². The minimum Gasteiger partial charge on any atom is -0.481 e. The first-order valence-corrected chi connectivity index (χ1v) is 6.40. The fourth-order valence-corrected chi connectivity index (χ4v) is 2.15. The Labute approximate surface area is 120 Å². The zero-order valence-corrected chi connectivity index (χ0v) is 11.8. The number of nitrogens with zero attached hydrogens (tertiary/aromatic N) is 1. The Bertz CT molecular complexity index is 741. The summed E-state index contributed by atoms with van der Waals surface area (Å²) in [5, 5.41) is 11.4. The van der Waals surface area contributed by atoms with Gasteiger partial charge in [-0.25, -0.2) is 4.79 Å². The van der Waals surface area contributed by atoms with Crippen LogP contribution in [0, 0.1) is 0 Å². The highest BCUT2D eigenvalue weighted by Crippen LogP contribution is 2.12. The molecule has 0 atom stereocenters. The Morgan fingerprint density at radius 2 is 2.00 bits per heavy atom. The van der Waals surface area contributed by atoms with E-state index in [0.29, 0.717) is 11.1 Å². The predicted molar refractivity (Wildman–Crippen MR) is 74.9 cm³/mol. The standard InChI is InChI=1S/C14H16N2O5/c1-14(2,7-12(18)19)15-11(17)8-16-9-5-3-4-6-10(9)21-13(16)20/h3-6H,7-8H2,1-2H3,(H,15,17)(H,18,19). The van der Waals surface area contributed by atoms with Crippen LogP contribution in [0.25, 0.3) is 11.1 Å². The van der Waals surface area contributed by atoms with E-state index in [4.69, 9.17) is 9.52 Å². The number of para-hydroxylation sites is 2. The molecule has 1 aromatic carbocycles. The third-order valence-corrected chi connectivity index (χ3v) is 2.95. The summed E-state index contributed by atoms with van der Waals surface area (Å²) in [5.74, 6) is -2.08. The Morgan fingerprint density at radius 1 is 1.33 bits per heavy atom. The molecule has 0 aliphatic heterocycles. The van der Waals surface area contributed by atoms with Crippen molar-refractivity contribution in [3.63, 3.8) is 0 Å². The lowest BCUT2D eigenvalue weighted by Gasteiger charge is -2.24. The number of nitrogens with one attached hydrogen (secondary N) is 1. The van der Waals surface area contributed by atoms with Gasteiger partial charge in [0.25, 0.3) is 0 Å². The highest BCUT2D eigenvalue weighted by Gasteiger charge is 2.24. The maximum Gasteiger partial charge on any atom is 0.420 e. The second-order valence-electron chi connectivity index (χ2n) is 5.42. The topological polar surface area (TPSA) is 102 Å². The predicted octanol–water partition coefficient (Wildman–Crippen LogP) is 0.964. The van der Waals surface area contributed by atoms with Crippen molar-refractivity contribution in [2.45, 2.75) is 32.4 Å². The molecule has 112 valence electrons. The third kappa shape index (κ3) is 3.50. The second kappa shape index (κ2) is 5.43. The van der Waals surface area contributed by atoms with Gasteiger partial charge in [0.1, 0.15) is 6.54 Å². The van der Waals surface area contributed by atoms with E-state index in [9.17, 15) is 14.4 Å². The average molecular weight is 292 g/mol. The van der Waals surface area contributed by atoms with Gasteiger partial charge in [0.15, 0.2) is 5.58 Å². The first-order valence-electron chi connectivity index (χ1n) is 6.40. The molecule has 0 aliphatic carbocycles. The number of hydrogen-bond donors (Lipinski definition) is 2. The quantitative estimate of drug-likeness (QED) is 0.854. The summed E-state index contributed by atoms with van der Waals surface area (Å²) in [5.41, 5.74) is 0.0280.